The Bertz CT molecular complexity index is 1260. The third kappa shape index (κ3) is 6.20. The molecule has 1 heterocycles. The molecule has 0 saturated carbocycles. The van der Waals surface area contributed by atoms with Crippen LogP contribution in [0.2, 0.25) is 0 Å². The van der Waals surface area contributed by atoms with Crippen molar-refractivity contribution in [2.45, 2.75) is 17.9 Å². The van der Waals surface area contributed by atoms with Crippen LogP contribution < -0.4 is 14.8 Å². The van der Waals surface area contributed by atoms with Gasteiger partial charge in [0.05, 0.1) is 23.4 Å². The van der Waals surface area contributed by atoms with Crippen molar-refractivity contribution < 1.29 is 22.7 Å². The number of rotatable bonds is 9. The molecule has 170 valence electrons. The van der Waals surface area contributed by atoms with Gasteiger partial charge in [-0.25, -0.2) is 13.4 Å². The number of azo groups is 1. The van der Waals surface area contributed by atoms with Crippen molar-refractivity contribution in [3.8, 4) is 5.75 Å². The average molecular weight is 468 g/mol. The van der Waals surface area contributed by atoms with Gasteiger partial charge in [-0.3, -0.25) is 14.3 Å². The zero-order valence-electron chi connectivity index (χ0n) is 17.8. The fourth-order valence-electron chi connectivity index (χ4n) is 2.70. The Hall–Kier alpha value is -4.12. The van der Waals surface area contributed by atoms with Crippen LogP contribution in [-0.2, 0) is 19.6 Å². The molecule has 3 rings (SSSR count). The van der Waals surface area contributed by atoms with E-state index in [2.05, 4.69) is 25.3 Å². The van der Waals surface area contributed by atoms with E-state index in [1.54, 1.807) is 36.4 Å². The van der Waals surface area contributed by atoms with E-state index in [0.717, 1.165) is 0 Å². The van der Waals surface area contributed by atoms with Crippen molar-refractivity contribution in [2.75, 3.05) is 17.1 Å². The molecule has 0 radical (unpaired) electrons. The number of ketones is 1. The van der Waals surface area contributed by atoms with Gasteiger partial charge in [-0.1, -0.05) is 18.2 Å². The Balaban J connectivity index is 1.72. The van der Waals surface area contributed by atoms with Crippen LogP contribution in [0, 0.1) is 0 Å². The van der Waals surface area contributed by atoms with Crippen LogP contribution in [0.15, 0.2) is 88.1 Å². The summed E-state index contributed by atoms with van der Waals surface area (Å²) < 4.78 is 32.5. The highest BCUT2D eigenvalue weighted by Crippen LogP contribution is 2.24. The number of aromatic nitrogens is 1. The van der Waals surface area contributed by atoms with E-state index in [4.69, 9.17) is 4.74 Å². The van der Waals surface area contributed by atoms with E-state index in [0.29, 0.717) is 11.4 Å². The molecule has 0 aliphatic heterocycles. The number of sulfonamides is 1. The van der Waals surface area contributed by atoms with Crippen molar-refractivity contribution in [1.82, 2.24) is 4.98 Å². The van der Waals surface area contributed by atoms with Crippen LogP contribution in [0.5, 0.6) is 5.75 Å². The molecule has 11 heteroatoms. The molecule has 0 aliphatic rings. The lowest BCUT2D eigenvalue weighted by Gasteiger charge is -2.12. The number of nitrogens with one attached hydrogen (secondary N) is 2. The van der Waals surface area contributed by atoms with Gasteiger partial charge in [-0.2, -0.15) is 10.2 Å². The lowest BCUT2D eigenvalue weighted by Crippen LogP contribution is -2.31. The summed E-state index contributed by atoms with van der Waals surface area (Å²) >= 11 is 0. The number of para-hydroxylation sites is 2. The predicted molar refractivity (Wildman–Crippen MR) is 122 cm³/mol. The number of methoxy groups -OCH3 is 1. The summed E-state index contributed by atoms with van der Waals surface area (Å²) in [7, 11) is -2.38. The van der Waals surface area contributed by atoms with E-state index >= 15 is 0 Å². The average Bonchev–Trinajstić information content (AvgIpc) is 2.80. The maximum atomic E-state index is 12.6. The fourth-order valence-corrected chi connectivity index (χ4v) is 3.71. The monoisotopic (exact) mass is 467 g/mol. The zero-order chi connectivity index (χ0) is 23.8. The van der Waals surface area contributed by atoms with Gasteiger partial charge in [0.2, 0.25) is 6.04 Å². The van der Waals surface area contributed by atoms with Gasteiger partial charge in [0.1, 0.15) is 11.6 Å². The Morgan fingerprint density at radius 1 is 1.00 bits per heavy atom. The SMILES string of the molecule is COc1ccccc1NC(=O)C(N=Nc1ccc(S(=O)(=O)Nc2ccccn2)cc1)C(C)=O. The number of ether oxygens (including phenoxy) is 1. The molecule has 1 aromatic heterocycles. The number of carbonyl (C=O) groups excluding carboxylic acids is 2. The van der Waals surface area contributed by atoms with Crippen LogP contribution in [0.25, 0.3) is 0 Å². The third-order valence-corrected chi connectivity index (χ3v) is 5.71. The molecule has 10 nitrogen and oxygen atoms in total. The first-order valence-electron chi connectivity index (χ1n) is 9.69. The molecular formula is C22H21N5O5S. The molecule has 3 aromatic rings. The number of carbonyl (C=O) groups is 2. The molecular weight excluding hydrogens is 446 g/mol. The van der Waals surface area contributed by atoms with Gasteiger partial charge >= 0.3 is 0 Å². The number of amides is 1. The van der Waals surface area contributed by atoms with Gasteiger partial charge < -0.3 is 10.1 Å². The van der Waals surface area contributed by atoms with Crippen LogP contribution in [0.3, 0.4) is 0 Å². The van der Waals surface area contributed by atoms with E-state index in [1.165, 1.54) is 50.6 Å². The lowest BCUT2D eigenvalue weighted by atomic mass is 10.2. The minimum absolute atomic E-state index is 0.0101. The van der Waals surface area contributed by atoms with Crippen LogP contribution in [0.1, 0.15) is 6.92 Å². The summed E-state index contributed by atoms with van der Waals surface area (Å²) in [6, 6.07) is 15.7. The molecule has 0 aliphatic carbocycles. The van der Waals surface area contributed by atoms with E-state index in [-0.39, 0.29) is 16.4 Å². The summed E-state index contributed by atoms with van der Waals surface area (Å²) in [6.45, 7) is 1.23. The molecule has 1 amide bonds. The summed E-state index contributed by atoms with van der Waals surface area (Å²) in [5.74, 6) is -0.563. The first kappa shape index (κ1) is 23.5. The number of benzene rings is 2. The number of pyridine rings is 1. The van der Waals surface area contributed by atoms with Gasteiger partial charge in [-0.15, -0.1) is 0 Å². The van der Waals surface area contributed by atoms with Gasteiger partial charge in [0.25, 0.3) is 15.9 Å². The summed E-state index contributed by atoms with van der Waals surface area (Å²) in [5.41, 5.74) is 0.657. The summed E-state index contributed by atoms with van der Waals surface area (Å²) in [4.78, 5) is 28.5. The summed E-state index contributed by atoms with van der Waals surface area (Å²) in [6.07, 6.45) is 1.47. The Morgan fingerprint density at radius 2 is 1.70 bits per heavy atom. The van der Waals surface area contributed by atoms with Crippen molar-refractivity contribution >= 4 is 38.9 Å². The smallest absolute Gasteiger partial charge is 0.263 e. The minimum Gasteiger partial charge on any atom is -0.495 e. The first-order chi connectivity index (χ1) is 15.8. The van der Waals surface area contributed by atoms with Crippen LogP contribution >= 0.6 is 0 Å². The standard InChI is InChI=1S/C22H21N5O5S/c1-15(28)21(22(29)24-18-7-3-4-8-19(18)32-2)26-25-16-10-12-17(13-11-16)33(30,31)27-20-9-5-6-14-23-20/h3-14,21H,1-2H3,(H,23,27)(H,24,29). The molecule has 2 N–H and O–H groups in total. The number of nitrogens with zero attached hydrogens (tertiary/aromatic N) is 3. The Kier molecular flexibility index (Phi) is 7.46. The van der Waals surface area contributed by atoms with Crippen LogP contribution in [-0.4, -0.2) is 38.2 Å². The predicted octanol–water partition coefficient (Wildman–Crippen LogP) is 3.57. The normalized spacial score (nSPS) is 12.2. The maximum Gasteiger partial charge on any atom is 0.263 e. The maximum absolute atomic E-state index is 12.6. The number of anilines is 2. The molecule has 33 heavy (non-hydrogen) atoms. The van der Waals surface area contributed by atoms with Gasteiger partial charge in [0, 0.05) is 6.20 Å². The molecule has 2 aromatic carbocycles. The second-order valence-corrected chi connectivity index (χ2v) is 8.41. The topological polar surface area (TPSA) is 139 Å². The fraction of sp³-hybridized carbons (Fsp3) is 0.136. The second kappa shape index (κ2) is 10.5. The highest BCUT2D eigenvalue weighted by Gasteiger charge is 2.24. The highest BCUT2D eigenvalue weighted by molar-refractivity contribution is 7.92. The van der Waals surface area contributed by atoms with Gasteiger partial charge in [0.15, 0.2) is 5.78 Å². The van der Waals surface area contributed by atoms with Crippen molar-refractivity contribution in [2.24, 2.45) is 10.2 Å². The van der Waals surface area contributed by atoms with Crippen LogP contribution in [0.4, 0.5) is 17.2 Å². The molecule has 0 spiro atoms. The van der Waals surface area contributed by atoms with Crippen molar-refractivity contribution in [1.29, 1.82) is 0 Å². The zero-order valence-corrected chi connectivity index (χ0v) is 18.6. The molecule has 0 bridgehead atoms. The van der Waals surface area contributed by atoms with Crippen molar-refractivity contribution in [3.63, 3.8) is 0 Å². The van der Waals surface area contributed by atoms with E-state index in [1.807, 2.05) is 0 Å². The molecule has 0 fully saturated rings. The molecule has 1 atom stereocenters. The lowest BCUT2D eigenvalue weighted by molar-refractivity contribution is -0.126. The quantitative estimate of drug-likeness (QED) is 0.364. The Morgan fingerprint density at radius 3 is 2.33 bits per heavy atom. The number of Topliss-reactive ketones (excluding diaryl/α,β-unsaturated/α-hetero) is 1. The third-order valence-electron chi connectivity index (χ3n) is 4.34. The molecule has 0 saturated heterocycles. The van der Waals surface area contributed by atoms with Gasteiger partial charge in [-0.05, 0) is 55.5 Å². The van der Waals surface area contributed by atoms with Crippen molar-refractivity contribution in [3.05, 3.63) is 72.9 Å². The number of hydrogen-bond donors (Lipinski definition) is 2. The first-order valence-corrected chi connectivity index (χ1v) is 11.2. The molecule has 1 unspecified atom stereocenters. The van der Waals surface area contributed by atoms with E-state index < -0.39 is 27.8 Å². The highest BCUT2D eigenvalue weighted by atomic mass is 32.2. The number of hydrogen-bond acceptors (Lipinski definition) is 8. The Labute approximate surface area is 190 Å². The van der Waals surface area contributed by atoms with E-state index in [9.17, 15) is 18.0 Å². The minimum atomic E-state index is -3.84. The second-order valence-electron chi connectivity index (χ2n) is 6.73. The largest absolute Gasteiger partial charge is 0.495 e. The summed E-state index contributed by atoms with van der Waals surface area (Å²) in [5, 5.41) is 10.4.